The lowest BCUT2D eigenvalue weighted by molar-refractivity contribution is -0.145. The quantitative estimate of drug-likeness (QED) is 0.783. The van der Waals surface area contributed by atoms with E-state index in [4.69, 9.17) is 9.47 Å². The van der Waals surface area contributed by atoms with Crippen LogP contribution in [0.15, 0.2) is 46.0 Å². The van der Waals surface area contributed by atoms with Crippen LogP contribution in [0.1, 0.15) is 6.92 Å². The number of anilines is 1. The molecule has 1 aromatic heterocycles. The van der Waals surface area contributed by atoms with Crippen molar-refractivity contribution in [1.82, 2.24) is 0 Å². The van der Waals surface area contributed by atoms with E-state index in [-0.39, 0.29) is 17.4 Å². The molecule has 0 atom stereocenters. The van der Waals surface area contributed by atoms with Crippen molar-refractivity contribution < 1.29 is 22.7 Å². The van der Waals surface area contributed by atoms with Gasteiger partial charge in [0.2, 0.25) is 0 Å². The van der Waals surface area contributed by atoms with Gasteiger partial charge in [0.25, 0.3) is 10.0 Å². The Hall–Kier alpha value is -2.06. The van der Waals surface area contributed by atoms with Gasteiger partial charge in [-0.05, 0) is 30.5 Å². The second kappa shape index (κ2) is 7.28. The van der Waals surface area contributed by atoms with Gasteiger partial charge in [0.1, 0.15) is 9.96 Å². The summed E-state index contributed by atoms with van der Waals surface area (Å²) in [6.45, 7) is 1.76. The number of ether oxygens (including phenoxy) is 2. The maximum absolute atomic E-state index is 12.1. The molecule has 2 aromatic rings. The molecule has 0 amide bonds. The van der Waals surface area contributed by atoms with E-state index in [1.165, 1.54) is 12.1 Å². The molecule has 1 aromatic carbocycles. The molecule has 8 heteroatoms. The Morgan fingerprint density at radius 1 is 1.27 bits per heavy atom. The van der Waals surface area contributed by atoms with Crippen molar-refractivity contribution in [2.75, 3.05) is 17.9 Å². The number of rotatable bonds is 7. The first kappa shape index (κ1) is 16.3. The van der Waals surface area contributed by atoms with Gasteiger partial charge in [-0.25, -0.2) is 13.2 Å². The molecule has 118 valence electrons. The highest BCUT2D eigenvalue weighted by molar-refractivity contribution is 7.94. The SMILES string of the molecule is CCOC(=O)COc1cccc(NS(=O)(=O)c2cccs2)c1. The lowest BCUT2D eigenvalue weighted by Crippen LogP contribution is -2.15. The number of benzene rings is 1. The Balaban J connectivity index is 2.04. The van der Waals surface area contributed by atoms with E-state index < -0.39 is 16.0 Å². The summed E-state index contributed by atoms with van der Waals surface area (Å²) in [5.41, 5.74) is 0.356. The second-order valence-corrected chi connectivity index (χ2v) is 7.02. The topological polar surface area (TPSA) is 81.7 Å². The number of hydrogen-bond acceptors (Lipinski definition) is 6. The van der Waals surface area contributed by atoms with E-state index >= 15 is 0 Å². The van der Waals surface area contributed by atoms with Crippen molar-refractivity contribution in [3.05, 3.63) is 41.8 Å². The third kappa shape index (κ3) is 4.47. The van der Waals surface area contributed by atoms with Gasteiger partial charge in [0, 0.05) is 6.07 Å². The molecule has 0 aliphatic heterocycles. The van der Waals surface area contributed by atoms with Gasteiger partial charge >= 0.3 is 5.97 Å². The van der Waals surface area contributed by atoms with Crippen molar-refractivity contribution in [2.24, 2.45) is 0 Å². The fourth-order valence-corrected chi connectivity index (χ4v) is 3.66. The average molecular weight is 341 g/mol. The van der Waals surface area contributed by atoms with Crippen LogP contribution in [0.4, 0.5) is 5.69 Å². The molecule has 0 aliphatic carbocycles. The molecular formula is C14H15NO5S2. The zero-order valence-electron chi connectivity index (χ0n) is 11.8. The number of esters is 1. The van der Waals surface area contributed by atoms with Crippen LogP contribution in [-0.4, -0.2) is 27.6 Å². The molecule has 22 heavy (non-hydrogen) atoms. The van der Waals surface area contributed by atoms with E-state index in [0.717, 1.165) is 11.3 Å². The molecule has 0 aliphatic rings. The summed E-state index contributed by atoms with van der Waals surface area (Å²) >= 11 is 1.13. The van der Waals surface area contributed by atoms with Gasteiger partial charge in [-0.1, -0.05) is 12.1 Å². The highest BCUT2D eigenvalue weighted by Gasteiger charge is 2.15. The van der Waals surface area contributed by atoms with Crippen LogP contribution in [-0.2, 0) is 19.6 Å². The second-order valence-electron chi connectivity index (χ2n) is 4.16. The van der Waals surface area contributed by atoms with Gasteiger partial charge in [0.15, 0.2) is 6.61 Å². The van der Waals surface area contributed by atoms with Crippen LogP contribution >= 0.6 is 11.3 Å². The Labute approximate surface area is 132 Å². The fraction of sp³-hybridized carbons (Fsp3) is 0.214. The molecule has 1 N–H and O–H groups in total. The summed E-state index contributed by atoms with van der Waals surface area (Å²) in [5, 5.41) is 1.69. The molecule has 2 rings (SSSR count). The molecule has 6 nitrogen and oxygen atoms in total. The molecule has 1 heterocycles. The average Bonchev–Trinajstić information content (AvgIpc) is 3.00. The Bertz CT molecular complexity index is 725. The van der Waals surface area contributed by atoms with Crippen LogP contribution in [0.5, 0.6) is 5.75 Å². The Kier molecular flexibility index (Phi) is 5.40. The fourth-order valence-electron chi connectivity index (χ4n) is 1.62. The van der Waals surface area contributed by atoms with E-state index in [1.54, 1.807) is 36.6 Å². The minimum Gasteiger partial charge on any atom is -0.482 e. The molecule has 0 unspecified atom stereocenters. The Morgan fingerprint density at radius 2 is 2.09 bits per heavy atom. The van der Waals surface area contributed by atoms with Crippen molar-refractivity contribution in [2.45, 2.75) is 11.1 Å². The van der Waals surface area contributed by atoms with Crippen LogP contribution in [0.2, 0.25) is 0 Å². The normalized spacial score (nSPS) is 11.0. The summed E-state index contributed by atoms with van der Waals surface area (Å²) < 4.78 is 36.9. The van der Waals surface area contributed by atoms with Crippen LogP contribution in [0.25, 0.3) is 0 Å². The predicted molar refractivity (Wildman–Crippen MR) is 83.7 cm³/mol. The molecule has 0 saturated carbocycles. The van der Waals surface area contributed by atoms with Crippen LogP contribution in [0, 0.1) is 0 Å². The Morgan fingerprint density at radius 3 is 2.77 bits per heavy atom. The summed E-state index contributed by atoms with van der Waals surface area (Å²) in [7, 11) is -3.61. The minimum absolute atomic E-state index is 0.227. The molecule has 0 fully saturated rings. The van der Waals surface area contributed by atoms with Gasteiger partial charge in [-0.2, -0.15) is 0 Å². The maximum atomic E-state index is 12.1. The number of carbonyl (C=O) groups excluding carboxylic acids is 1. The molecule has 0 bridgehead atoms. The zero-order valence-corrected chi connectivity index (χ0v) is 13.4. The highest BCUT2D eigenvalue weighted by Crippen LogP contribution is 2.23. The largest absolute Gasteiger partial charge is 0.482 e. The standard InChI is InChI=1S/C14H15NO5S2/c1-2-19-13(16)10-20-12-6-3-5-11(9-12)15-22(17,18)14-7-4-8-21-14/h3-9,15H,2,10H2,1H3. The van der Waals surface area contributed by atoms with Crippen molar-refractivity contribution in [1.29, 1.82) is 0 Å². The third-order valence-electron chi connectivity index (χ3n) is 2.51. The first-order chi connectivity index (χ1) is 10.5. The minimum atomic E-state index is -3.61. The lowest BCUT2D eigenvalue weighted by Gasteiger charge is -2.09. The van der Waals surface area contributed by atoms with Crippen LogP contribution < -0.4 is 9.46 Å². The number of thiophene rings is 1. The van der Waals surface area contributed by atoms with E-state index in [2.05, 4.69) is 4.72 Å². The molecule has 0 spiro atoms. The van der Waals surface area contributed by atoms with Crippen molar-refractivity contribution in [3.63, 3.8) is 0 Å². The summed E-state index contributed by atoms with van der Waals surface area (Å²) in [6.07, 6.45) is 0. The molecular weight excluding hydrogens is 326 g/mol. The maximum Gasteiger partial charge on any atom is 0.344 e. The third-order valence-corrected chi connectivity index (χ3v) is 5.29. The summed E-state index contributed by atoms with van der Waals surface area (Å²) in [5.74, 6) is -0.105. The van der Waals surface area contributed by atoms with E-state index in [0.29, 0.717) is 11.4 Å². The monoisotopic (exact) mass is 341 g/mol. The molecule has 0 radical (unpaired) electrons. The lowest BCUT2D eigenvalue weighted by atomic mass is 10.3. The van der Waals surface area contributed by atoms with Gasteiger partial charge < -0.3 is 9.47 Å². The van der Waals surface area contributed by atoms with Gasteiger partial charge in [-0.3, -0.25) is 4.72 Å². The van der Waals surface area contributed by atoms with Crippen molar-refractivity contribution in [3.8, 4) is 5.75 Å². The van der Waals surface area contributed by atoms with Crippen molar-refractivity contribution >= 4 is 33.0 Å². The van der Waals surface area contributed by atoms with E-state index in [9.17, 15) is 13.2 Å². The van der Waals surface area contributed by atoms with Gasteiger partial charge in [-0.15, -0.1) is 11.3 Å². The van der Waals surface area contributed by atoms with E-state index in [1.807, 2.05) is 0 Å². The number of hydrogen-bond donors (Lipinski definition) is 1. The number of nitrogens with one attached hydrogen (secondary N) is 1. The highest BCUT2D eigenvalue weighted by atomic mass is 32.2. The predicted octanol–water partition coefficient (Wildman–Crippen LogP) is 2.49. The number of sulfonamides is 1. The van der Waals surface area contributed by atoms with Gasteiger partial charge in [0.05, 0.1) is 12.3 Å². The zero-order chi connectivity index (χ0) is 16.0. The summed E-state index contributed by atoms with van der Waals surface area (Å²) in [4.78, 5) is 11.2. The first-order valence-corrected chi connectivity index (χ1v) is 8.82. The summed E-state index contributed by atoms with van der Waals surface area (Å²) in [6, 6.07) is 9.55. The first-order valence-electron chi connectivity index (χ1n) is 6.46. The van der Waals surface area contributed by atoms with Crippen LogP contribution in [0.3, 0.4) is 0 Å². The smallest absolute Gasteiger partial charge is 0.344 e. The molecule has 0 saturated heterocycles. The number of carbonyl (C=O) groups is 1.